The standard InChI is InChI=1S/C14H26N4/c1-4-8-17-11-12(5-2)16-14(17)18-9-6-7-13(18)10-15-3/h11,13,15H,4-10H2,1-3H3. The number of aryl methyl sites for hydroxylation is 2. The van der Waals surface area contributed by atoms with Crippen LogP contribution in [0.15, 0.2) is 6.20 Å². The molecule has 1 aromatic rings. The number of nitrogens with zero attached hydrogens (tertiary/aromatic N) is 3. The number of nitrogens with one attached hydrogen (secondary N) is 1. The predicted molar refractivity (Wildman–Crippen MR) is 76.2 cm³/mol. The van der Waals surface area contributed by atoms with Crippen LogP contribution in [0.4, 0.5) is 5.95 Å². The second kappa shape index (κ2) is 6.23. The van der Waals surface area contributed by atoms with Gasteiger partial charge in [-0.3, -0.25) is 0 Å². The van der Waals surface area contributed by atoms with Gasteiger partial charge in [-0.2, -0.15) is 0 Å². The van der Waals surface area contributed by atoms with Crippen LogP contribution in [0.2, 0.25) is 0 Å². The van der Waals surface area contributed by atoms with Gasteiger partial charge in [-0.1, -0.05) is 13.8 Å². The van der Waals surface area contributed by atoms with Crippen molar-refractivity contribution in [3.8, 4) is 0 Å². The number of hydrogen-bond acceptors (Lipinski definition) is 3. The highest BCUT2D eigenvalue weighted by atomic mass is 15.3. The molecule has 1 saturated heterocycles. The summed E-state index contributed by atoms with van der Waals surface area (Å²) >= 11 is 0. The van der Waals surface area contributed by atoms with Gasteiger partial charge >= 0.3 is 0 Å². The van der Waals surface area contributed by atoms with Crippen LogP contribution >= 0.6 is 0 Å². The molecular formula is C14H26N4. The fourth-order valence-corrected chi connectivity index (χ4v) is 2.81. The molecule has 0 bridgehead atoms. The summed E-state index contributed by atoms with van der Waals surface area (Å²) in [6, 6.07) is 0.609. The van der Waals surface area contributed by atoms with Crippen LogP contribution in [0.25, 0.3) is 0 Å². The zero-order valence-corrected chi connectivity index (χ0v) is 11.9. The third-order valence-electron chi connectivity index (χ3n) is 3.71. The van der Waals surface area contributed by atoms with Crippen molar-refractivity contribution >= 4 is 5.95 Å². The lowest BCUT2D eigenvalue weighted by atomic mass is 10.2. The Balaban J connectivity index is 2.21. The summed E-state index contributed by atoms with van der Waals surface area (Å²) in [6.45, 7) is 7.68. The molecule has 1 aliphatic rings. The molecule has 102 valence electrons. The van der Waals surface area contributed by atoms with Crippen LogP contribution in [0, 0.1) is 0 Å². The minimum atomic E-state index is 0.609. The molecule has 4 nitrogen and oxygen atoms in total. The van der Waals surface area contributed by atoms with E-state index in [0.717, 1.165) is 32.5 Å². The Bertz CT molecular complexity index is 372. The Hall–Kier alpha value is -1.03. The van der Waals surface area contributed by atoms with Crippen LogP contribution in [0.1, 0.15) is 38.8 Å². The van der Waals surface area contributed by atoms with Gasteiger partial charge in [0.1, 0.15) is 0 Å². The van der Waals surface area contributed by atoms with E-state index in [2.05, 4.69) is 34.8 Å². The van der Waals surface area contributed by atoms with E-state index in [9.17, 15) is 0 Å². The molecule has 0 aliphatic carbocycles. The zero-order valence-electron chi connectivity index (χ0n) is 11.9. The van der Waals surface area contributed by atoms with Crippen molar-refractivity contribution in [3.05, 3.63) is 11.9 Å². The van der Waals surface area contributed by atoms with E-state index in [0.29, 0.717) is 6.04 Å². The second-order valence-electron chi connectivity index (χ2n) is 5.13. The molecule has 1 aliphatic heterocycles. The Morgan fingerprint density at radius 2 is 2.28 bits per heavy atom. The van der Waals surface area contributed by atoms with Crippen LogP contribution in [-0.2, 0) is 13.0 Å². The molecule has 0 aromatic carbocycles. The second-order valence-corrected chi connectivity index (χ2v) is 5.13. The number of anilines is 1. The molecule has 1 N–H and O–H groups in total. The lowest BCUT2D eigenvalue weighted by Gasteiger charge is -2.26. The van der Waals surface area contributed by atoms with E-state index in [1.807, 2.05) is 7.05 Å². The summed E-state index contributed by atoms with van der Waals surface area (Å²) in [5.41, 5.74) is 1.22. The Labute approximate surface area is 110 Å². The summed E-state index contributed by atoms with van der Waals surface area (Å²) in [4.78, 5) is 7.31. The van der Waals surface area contributed by atoms with Gasteiger partial charge in [0, 0.05) is 31.9 Å². The third kappa shape index (κ3) is 2.69. The molecule has 4 heteroatoms. The number of hydrogen-bond donors (Lipinski definition) is 1. The molecule has 1 unspecified atom stereocenters. The molecule has 2 heterocycles. The van der Waals surface area contributed by atoms with Gasteiger partial charge in [-0.05, 0) is 32.7 Å². The topological polar surface area (TPSA) is 33.1 Å². The molecule has 1 aromatic heterocycles. The summed E-state index contributed by atoms with van der Waals surface area (Å²) in [7, 11) is 2.03. The first-order chi connectivity index (χ1) is 8.80. The summed E-state index contributed by atoms with van der Waals surface area (Å²) in [5, 5.41) is 3.30. The SMILES string of the molecule is CCCn1cc(CC)nc1N1CCCC1CNC. The maximum atomic E-state index is 4.82. The van der Waals surface area contributed by atoms with Crippen molar-refractivity contribution in [2.45, 2.75) is 52.1 Å². The Morgan fingerprint density at radius 1 is 1.44 bits per heavy atom. The zero-order chi connectivity index (χ0) is 13.0. The maximum absolute atomic E-state index is 4.82. The normalized spacial score (nSPS) is 19.7. The number of likely N-dealkylation sites (N-methyl/N-ethyl adjacent to an activating group) is 1. The quantitative estimate of drug-likeness (QED) is 0.839. The minimum Gasteiger partial charge on any atom is -0.338 e. The fourth-order valence-electron chi connectivity index (χ4n) is 2.81. The third-order valence-corrected chi connectivity index (χ3v) is 3.71. The van der Waals surface area contributed by atoms with Gasteiger partial charge in [0.15, 0.2) is 0 Å². The van der Waals surface area contributed by atoms with Gasteiger partial charge in [0.05, 0.1) is 5.69 Å². The molecule has 0 saturated carbocycles. The van der Waals surface area contributed by atoms with Gasteiger partial charge in [-0.15, -0.1) is 0 Å². The van der Waals surface area contributed by atoms with Crippen molar-refractivity contribution in [1.82, 2.24) is 14.9 Å². The molecule has 0 amide bonds. The van der Waals surface area contributed by atoms with Gasteiger partial charge in [0.25, 0.3) is 0 Å². The van der Waals surface area contributed by atoms with Gasteiger partial charge in [-0.25, -0.2) is 4.98 Å². The van der Waals surface area contributed by atoms with Crippen molar-refractivity contribution in [2.75, 3.05) is 25.0 Å². The van der Waals surface area contributed by atoms with Crippen LogP contribution < -0.4 is 10.2 Å². The molecular weight excluding hydrogens is 224 g/mol. The van der Waals surface area contributed by atoms with E-state index in [-0.39, 0.29) is 0 Å². The predicted octanol–water partition coefficient (Wildman–Crippen LogP) is 2.04. The molecule has 2 rings (SSSR count). The van der Waals surface area contributed by atoms with Crippen molar-refractivity contribution in [3.63, 3.8) is 0 Å². The van der Waals surface area contributed by atoms with Crippen LogP contribution in [-0.4, -0.2) is 35.7 Å². The van der Waals surface area contributed by atoms with Crippen LogP contribution in [0.5, 0.6) is 0 Å². The highest BCUT2D eigenvalue weighted by Crippen LogP contribution is 2.25. The number of imidazole rings is 1. The Morgan fingerprint density at radius 3 is 2.94 bits per heavy atom. The molecule has 1 fully saturated rings. The highest BCUT2D eigenvalue weighted by Gasteiger charge is 2.27. The lowest BCUT2D eigenvalue weighted by molar-refractivity contribution is 0.586. The highest BCUT2D eigenvalue weighted by molar-refractivity contribution is 5.37. The van der Waals surface area contributed by atoms with E-state index in [1.165, 1.54) is 24.5 Å². The van der Waals surface area contributed by atoms with E-state index in [4.69, 9.17) is 4.98 Å². The fraction of sp³-hybridized carbons (Fsp3) is 0.786. The largest absolute Gasteiger partial charge is 0.338 e. The molecule has 0 radical (unpaired) electrons. The van der Waals surface area contributed by atoms with Gasteiger partial charge < -0.3 is 14.8 Å². The minimum absolute atomic E-state index is 0.609. The molecule has 1 atom stereocenters. The first-order valence-corrected chi connectivity index (χ1v) is 7.27. The molecule has 0 spiro atoms. The summed E-state index contributed by atoms with van der Waals surface area (Å²) in [6.07, 6.45) is 6.98. The van der Waals surface area contributed by atoms with E-state index < -0.39 is 0 Å². The smallest absolute Gasteiger partial charge is 0.206 e. The van der Waals surface area contributed by atoms with Crippen molar-refractivity contribution < 1.29 is 0 Å². The maximum Gasteiger partial charge on any atom is 0.206 e. The van der Waals surface area contributed by atoms with Crippen molar-refractivity contribution in [1.29, 1.82) is 0 Å². The first kappa shape index (κ1) is 13.4. The first-order valence-electron chi connectivity index (χ1n) is 7.27. The monoisotopic (exact) mass is 250 g/mol. The van der Waals surface area contributed by atoms with E-state index >= 15 is 0 Å². The van der Waals surface area contributed by atoms with E-state index in [1.54, 1.807) is 0 Å². The summed E-state index contributed by atoms with van der Waals surface area (Å²) in [5.74, 6) is 1.19. The lowest BCUT2D eigenvalue weighted by Crippen LogP contribution is -2.38. The van der Waals surface area contributed by atoms with Gasteiger partial charge in [0.2, 0.25) is 5.95 Å². The Kier molecular flexibility index (Phi) is 4.64. The number of aromatic nitrogens is 2. The number of rotatable bonds is 6. The molecule has 18 heavy (non-hydrogen) atoms. The average molecular weight is 250 g/mol. The average Bonchev–Trinajstić information content (AvgIpc) is 2.96. The van der Waals surface area contributed by atoms with Crippen LogP contribution in [0.3, 0.4) is 0 Å². The van der Waals surface area contributed by atoms with Crippen molar-refractivity contribution in [2.24, 2.45) is 0 Å². The summed E-state index contributed by atoms with van der Waals surface area (Å²) < 4.78 is 2.34.